The summed E-state index contributed by atoms with van der Waals surface area (Å²) in [6.45, 7) is 10.2. The van der Waals surface area contributed by atoms with E-state index in [4.69, 9.17) is 4.74 Å². The van der Waals surface area contributed by atoms with Gasteiger partial charge in [0.15, 0.2) is 0 Å². The van der Waals surface area contributed by atoms with Crippen molar-refractivity contribution in [1.82, 2.24) is 5.32 Å². The van der Waals surface area contributed by atoms with E-state index in [1.807, 2.05) is 16.9 Å². The summed E-state index contributed by atoms with van der Waals surface area (Å²) in [5.74, 6) is 1.07. The Morgan fingerprint density at radius 1 is 0.909 bits per heavy atom. The molecule has 33 heavy (non-hydrogen) atoms. The lowest BCUT2D eigenvalue weighted by molar-refractivity contribution is -0.150. The second kappa shape index (κ2) is 20.7. The molecule has 3 nitrogen and oxygen atoms in total. The largest absolute Gasteiger partial charge is 0.461 e. The molecule has 1 rings (SSSR count). The lowest BCUT2D eigenvalue weighted by Crippen LogP contribution is -2.30. The fourth-order valence-electron chi connectivity index (χ4n) is 3.95. The Balaban J connectivity index is 2.41. The molecule has 1 aromatic carbocycles. The van der Waals surface area contributed by atoms with Crippen LogP contribution in [0.1, 0.15) is 110 Å². The number of ether oxygens (including phenoxy) is 1. The Hall–Kier alpha value is -0.650. The van der Waals surface area contributed by atoms with Gasteiger partial charge in [-0.05, 0) is 31.7 Å². The molecule has 0 aliphatic heterocycles. The minimum absolute atomic E-state index is 0.0350. The van der Waals surface area contributed by atoms with Crippen molar-refractivity contribution in [2.75, 3.05) is 12.3 Å². The van der Waals surface area contributed by atoms with Crippen molar-refractivity contribution in [3.8, 4) is 0 Å². The highest BCUT2D eigenvalue weighted by Gasteiger charge is 2.18. The summed E-state index contributed by atoms with van der Waals surface area (Å²) < 4.78 is 5.70. The molecule has 0 amide bonds. The summed E-state index contributed by atoms with van der Waals surface area (Å²) in [5, 5.41) is 3.81. The Morgan fingerprint density at radius 2 is 1.58 bits per heavy atom. The van der Waals surface area contributed by atoms with Crippen LogP contribution in [0.25, 0.3) is 0 Å². The first-order valence-electron chi connectivity index (χ1n) is 13.4. The highest BCUT2D eigenvalue weighted by molar-refractivity contribution is 8.76. The minimum atomic E-state index is -0.0419. The van der Waals surface area contributed by atoms with Crippen LogP contribution in [0.5, 0.6) is 0 Å². The molecule has 190 valence electrons. The molecule has 5 heteroatoms. The van der Waals surface area contributed by atoms with E-state index in [2.05, 4.69) is 51.2 Å². The van der Waals surface area contributed by atoms with E-state index in [1.54, 1.807) is 10.8 Å². The first kappa shape index (κ1) is 30.4. The van der Waals surface area contributed by atoms with E-state index in [-0.39, 0.29) is 11.9 Å². The normalized spacial score (nSPS) is 12.3. The van der Waals surface area contributed by atoms with Gasteiger partial charge in [0.05, 0.1) is 5.92 Å². The molecule has 0 spiro atoms. The first-order valence-corrected chi connectivity index (χ1v) is 15.7. The Kier molecular flexibility index (Phi) is 19.1. The van der Waals surface area contributed by atoms with Crippen molar-refractivity contribution < 1.29 is 9.53 Å². The van der Waals surface area contributed by atoms with E-state index in [0.29, 0.717) is 12.6 Å². The number of carbonyl (C=O) groups excluding carboxylic acids is 1. The number of hydrogen-bond donors (Lipinski definition) is 1. The van der Waals surface area contributed by atoms with Gasteiger partial charge >= 0.3 is 5.97 Å². The summed E-state index contributed by atoms with van der Waals surface area (Å²) >= 11 is 0. The van der Waals surface area contributed by atoms with Gasteiger partial charge in [0.1, 0.15) is 6.61 Å². The maximum Gasteiger partial charge on any atom is 0.309 e. The molecule has 0 saturated heterocycles. The summed E-state index contributed by atoms with van der Waals surface area (Å²) in [6.07, 6.45) is 14.6. The highest BCUT2D eigenvalue weighted by Crippen LogP contribution is 2.33. The lowest BCUT2D eigenvalue weighted by Gasteiger charge is -2.18. The smallest absolute Gasteiger partial charge is 0.309 e. The Morgan fingerprint density at radius 3 is 2.21 bits per heavy atom. The van der Waals surface area contributed by atoms with Gasteiger partial charge in [-0.2, -0.15) is 0 Å². The van der Waals surface area contributed by atoms with Crippen LogP contribution >= 0.6 is 21.6 Å². The molecular weight excluding hydrogens is 446 g/mol. The van der Waals surface area contributed by atoms with Crippen LogP contribution in [0.15, 0.2) is 29.2 Å². The number of hydrogen-bond acceptors (Lipinski definition) is 5. The average Bonchev–Trinajstić information content (AvgIpc) is 2.83. The third-order valence-corrected chi connectivity index (χ3v) is 8.61. The van der Waals surface area contributed by atoms with Crippen molar-refractivity contribution in [2.24, 2.45) is 5.92 Å². The van der Waals surface area contributed by atoms with Crippen molar-refractivity contribution in [3.63, 3.8) is 0 Å². The van der Waals surface area contributed by atoms with Crippen LogP contribution < -0.4 is 5.32 Å². The van der Waals surface area contributed by atoms with E-state index < -0.39 is 0 Å². The molecule has 0 fully saturated rings. The SMILES string of the molecule is CCCCCC(CCCCC)NCCSSc1ccccc1COC(=O)C(CC)CCCC. The number of rotatable bonds is 21. The van der Waals surface area contributed by atoms with E-state index in [0.717, 1.165) is 43.5 Å². The van der Waals surface area contributed by atoms with Crippen LogP contribution in [-0.4, -0.2) is 24.3 Å². The maximum atomic E-state index is 12.5. The minimum Gasteiger partial charge on any atom is -0.461 e. The summed E-state index contributed by atoms with van der Waals surface area (Å²) in [4.78, 5) is 13.7. The van der Waals surface area contributed by atoms with Crippen LogP contribution in [0.4, 0.5) is 0 Å². The van der Waals surface area contributed by atoms with Crippen LogP contribution in [-0.2, 0) is 16.1 Å². The van der Waals surface area contributed by atoms with Crippen molar-refractivity contribution >= 4 is 27.6 Å². The van der Waals surface area contributed by atoms with Crippen molar-refractivity contribution in [3.05, 3.63) is 29.8 Å². The van der Waals surface area contributed by atoms with Gasteiger partial charge in [-0.3, -0.25) is 4.79 Å². The third-order valence-electron chi connectivity index (χ3n) is 6.15. The van der Waals surface area contributed by atoms with Gasteiger partial charge in [-0.15, -0.1) is 0 Å². The number of esters is 1. The average molecular weight is 496 g/mol. The van der Waals surface area contributed by atoms with Gasteiger partial charge in [-0.1, -0.05) is 119 Å². The van der Waals surface area contributed by atoms with Gasteiger partial charge in [0, 0.05) is 28.8 Å². The predicted molar refractivity (Wildman–Crippen MR) is 148 cm³/mol. The number of benzene rings is 1. The molecule has 0 aromatic heterocycles. The molecule has 0 aliphatic rings. The summed E-state index contributed by atoms with van der Waals surface area (Å²) in [6, 6.07) is 8.99. The molecule has 0 bridgehead atoms. The monoisotopic (exact) mass is 495 g/mol. The molecule has 1 aromatic rings. The second-order valence-electron chi connectivity index (χ2n) is 9.01. The zero-order valence-electron chi connectivity index (χ0n) is 21.7. The van der Waals surface area contributed by atoms with Crippen LogP contribution in [0.2, 0.25) is 0 Å². The standard InChI is InChI=1S/C28H49NO2S2/c1-5-9-12-18-26(19-13-10-6-2)29-21-22-32-33-27-20-15-14-17-25(27)23-31-28(30)24(8-4)16-11-7-3/h14-15,17,20,24,26,29H,5-13,16,18-19,21-23H2,1-4H3. The van der Waals surface area contributed by atoms with Crippen LogP contribution in [0, 0.1) is 5.92 Å². The lowest BCUT2D eigenvalue weighted by atomic mass is 10.00. The summed E-state index contributed by atoms with van der Waals surface area (Å²) in [5.41, 5.74) is 1.11. The number of unbranched alkanes of at least 4 members (excludes halogenated alkanes) is 5. The van der Waals surface area contributed by atoms with E-state index in [1.165, 1.54) is 56.3 Å². The molecule has 1 N–H and O–H groups in total. The van der Waals surface area contributed by atoms with E-state index >= 15 is 0 Å². The zero-order chi connectivity index (χ0) is 24.2. The molecular formula is C28H49NO2S2. The maximum absolute atomic E-state index is 12.5. The molecule has 0 aliphatic carbocycles. The topological polar surface area (TPSA) is 38.3 Å². The molecule has 0 saturated carbocycles. The quantitative estimate of drug-likeness (QED) is 0.105. The third kappa shape index (κ3) is 14.4. The Labute approximate surface area is 212 Å². The van der Waals surface area contributed by atoms with E-state index in [9.17, 15) is 4.79 Å². The second-order valence-corrected chi connectivity index (χ2v) is 11.5. The zero-order valence-corrected chi connectivity index (χ0v) is 23.3. The predicted octanol–water partition coefficient (Wildman–Crippen LogP) is 8.81. The molecule has 0 radical (unpaired) electrons. The van der Waals surface area contributed by atoms with Gasteiger partial charge in [0.2, 0.25) is 0 Å². The number of nitrogens with one attached hydrogen (secondary N) is 1. The van der Waals surface area contributed by atoms with Crippen molar-refractivity contribution in [2.45, 2.75) is 122 Å². The fraction of sp³-hybridized carbons (Fsp3) is 0.750. The molecule has 0 heterocycles. The summed E-state index contributed by atoms with van der Waals surface area (Å²) in [7, 11) is 3.70. The fourth-order valence-corrected chi connectivity index (χ4v) is 6.10. The van der Waals surface area contributed by atoms with Gasteiger partial charge in [-0.25, -0.2) is 0 Å². The Bertz CT molecular complexity index is 601. The molecule has 1 unspecified atom stereocenters. The van der Waals surface area contributed by atoms with Gasteiger partial charge in [0.25, 0.3) is 0 Å². The van der Waals surface area contributed by atoms with Crippen LogP contribution in [0.3, 0.4) is 0 Å². The molecule has 1 atom stereocenters. The highest BCUT2D eigenvalue weighted by atomic mass is 33.1. The first-order chi connectivity index (χ1) is 16.2. The van der Waals surface area contributed by atoms with Gasteiger partial charge < -0.3 is 10.1 Å². The van der Waals surface area contributed by atoms with Crippen molar-refractivity contribution in [1.29, 1.82) is 0 Å². The number of carbonyl (C=O) groups is 1.